The number of carboxylic acids is 2. The third-order valence-electron chi connectivity index (χ3n) is 3.57. The van der Waals surface area contributed by atoms with Gasteiger partial charge in [-0.05, 0) is 25.1 Å². The molecule has 1 aromatic carbocycles. The Balaban J connectivity index is 2.28. The Morgan fingerprint density at radius 1 is 1.38 bits per heavy atom. The molecular weight excluding hydrogens is 318 g/mol. The molecule has 0 bridgehead atoms. The van der Waals surface area contributed by atoms with E-state index >= 15 is 0 Å². The molecule has 1 aliphatic heterocycles. The molecule has 24 heavy (non-hydrogen) atoms. The van der Waals surface area contributed by atoms with Crippen LogP contribution >= 0.6 is 0 Å². The van der Waals surface area contributed by atoms with Crippen LogP contribution in [0, 0.1) is 0 Å². The first kappa shape index (κ1) is 17.7. The number of rotatable bonds is 7. The molecule has 130 valence electrons. The number of hydrogen-bond donors (Lipinski definition) is 4. The molecule has 9 heteroatoms. The average molecular weight is 337 g/mol. The van der Waals surface area contributed by atoms with Crippen molar-refractivity contribution in [1.29, 1.82) is 0 Å². The maximum atomic E-state index is 12.7. The van der Waals surface area contributed by atoms with Gasteiger partial charge in [-0.2, -0.15) is 0 Å². The fourth-order valence-corrected chi connectivity index (χ4v) is 2.46. The molecule has 0 aliphatic carbocycles. The van der Waals surface area contributed by atoms with Gasteiger partial charge >= 0.3 is 11.9 Å². The number of benzene rings is 1. The molecule has 1 aromatic rings. The highest BCUT2D eigenvalue weighted by Gasteiger charge is 2.34. The van der Waals surface area contributed by atoms with E-state index in [1.807, 2.05) is 0 Å². The molecular formula is C15H19N3O6. The van der Waals surface area contributed by atoms with Gasteiger partial charge in [0.05, 0.1) is 5.69 Å². The number of carbonyl (C=O) groups excluding carboxylic acids is 1. The topological polar surface area (TPSA) is 142 Å². The normalized spacial score (nSPS) is 18.3. The van der Waals surface area contributed by atoms with E-state index in [0.29, 0.717) is 11.4 Å². The Labute approximate surface area is 138 Å². The number of fused-ring (bicyclic) bond motifs is 1. The van der Waals surface area contributed by atoms with Crippen LogP contribution in [0.5, 0.6) is 5.75 Å². The van der Waals surface area contributed by atoms with Gasteiger partial charge in [-0.1, -0.05) is 12.1 Å². The number of amides is 1. The van der Waals surface area contributed by atoms with Crippen LogP contribution in [0.4, 0.5) is 5.69 Å². The monoisotopic (exact) mass is 337 g/mol. The smallest absolute Gasteiger partial charge is 0.323 e. The van der Waals surface area contributed by atoms with Crippen LogP contribution in [-0.4, -0.2) is 59.8 Å². The van der Waals surface area contributed by atoms with Crippen molar-refractivity contribution in [2.24, 2.45) is 5.73 Å². The van der Waals surface area contributed by atoms with Crippen molar-refractivity contribution in [1.82, 2.24) is 5.32 Å². The molecule has 0 saturated carbocycles. The summed E-state index contributed by atoms with van der Waals surface area (Å²) >= 11 is 0. The molecule has 2 atom stereocenters. The van der Waals surface area contributed by atoms with Crippen molar-refractivity contribution in [3.05, 3.63) is 24.3 Å². The van der Waals surface area contributed by atoms with Crippen molar-refractivity contribution in [2.45, 2.75) is 18.5 Å². The second kappa shape index (κ2) is 7.75. The van der Waals surface area contributed by atoms with E-state index in [-0.39, 0.29) is 19.6 Å². The molecule has 9 nitrogen and oxygen atoms in total. The quantitative estimate of drug-likeness (QED) is 0.509. The lowest BCUT2D eigenvalue weighted by atomic mass is 10.1. The van der Waals surface area contributed by atoms with Crippen LogP contribution in [0.1, 0.15) is 6.42 Å². The van der Waals surface area contributed by atoms with Gasteiger partial charge in [0.1, 0.15) is 31.0 Å². The number of anilines is 1. The minimum absolute atomic E-state index is 0.111. The Kier molecular flexibility index (Phi) is 5.72. The maximum absolute atomic E-state index is 12.7. The van der Waals surface area contributed by atoms with Gasteiger partial charge in [-0.15, -0.1) is 0 Å². The van der Waals surface area contributed by atoms with E-state index in [2.05, 4.69) is 5.32 Å². The van der Waals surface area contributed by atoms with E-state index in [1.165, 1.54) is 0 Å². The minimum atomic E-state index is -1.18. The van der Waals surface area contributed by atoms with Gasteiger partial charge in [-0.3, -0.25) is 24.6 Å². The molecule has 0 spiro atoms. The lowest BCUT2D eigenvalue weighted by Crippen LogP contribution is -2.54. The van der Waals surface area contributed by atoms with Gasteiger partial charge < -0.3 is 20.7 Å². The molecule has 1 unspecified atom stereocenters. The average Bonchev–Trinajstić information content (AvgIpc) is 2.66. The van der Waals surface area contributed by atoms with Crippen LogP contribution in [0.3, 0.4) is 0 Å². The summed E-state index contributed by atoms with van der Waals surface area (Å²) in [5.74, 6) is -2.52. The second-order valence-electron chi connectivity index (χ2n) is 5.28. The number of aliphatic carboxylic acids is 2. The lowest BCUT2D eigenvalue weighted by Gasteiger charge is -2.25. The summed E-state index contributed by atoms with van der Waals surface area (Å²) < 4.78 is 5.56. The minimum Gasteiger partial charge on any atom is -0.489 e. The van der Waals surface area contributed by atoms with Crippen molar-refractivity contribution >= 4 is 23.5 Å². The molecule has 0 radical (unpaired) electrons. The molecule has 0 saturated heterocycles. The van der Waals surface area contributed by atoms with E-state index in [4.69, 9.17) is 15.6 Å². The number of nitrogens with one attached hydrogen (secondary N) is 1. The van der Waals surface area contributed by atoms with Gasteiger partial charge in [0.2, 0.25) is 5.91 Å². The van der Waals surface area contributed by atoms with E-state index in [9.17, 15) is 19.5 Å². The first-order chi connectivity index (χ1) is 11.4. The summed E-state index contributed by atoms with van der Waals surface area (Å²) in [6, 6.07) is 4.53. The van der Waals surface area contributed by atoms with E-state index in [0.717, 1.165) is 4.90 Å². The first-order valence-electron chi connectivity index (χ1n) is 7.38. The number of hydrogen-bond acceptors (Lipinski definition) is 6. The number of nitrogens with two attached hydrogens (primary N) is 1. The summed E-state index contributed by atoms with van der Waals surface area (Å²) in [5, 5.41) is 21.0. The highest BCUT2D eigenvalue weighted by molar-refractivity contribution is 6.02. The Morgan fingerprint density at radius 2 is 2.08 bits per heavy atom. The number of carbonyl (C=O) groups is 3. The zero-order valence-electron chi connectivity index (χ0n) is 12.8. The summed E-state index contributed by atoms with van der Waals surface area (Å²) in [6.45, 7) is -0.531. The molecule has 0 aromatic heterocycles. The standard InChI is InChI=1S/C15H19N3O6/c16-6-5-9(15(22)23)17-10-8-24-12-4-2-1-3-11(12)18(14(10)21)7-13(19)20/h1-4,9-10,17H,5-8,16H2,(H,19,20)(H,22,23)/t9-,10?/m0/s1. The Morgan fingerprint density at radius 3 is 2.71 bits per heavy atom. The van der Waals surface area contributed by atoms with Gasteiger partial charge in [0.25, 0.3) is 0 Å². The van der Waals surface area contributed by atoms with E-state index < -0.39 is 36.5 Å². The number of nitrogens with zero attached hydrogens (tertiary/aromatic N) is 1. The van der Waals surface area contributed by atoms with Crippen molar-refractivity contribution in [2.75, 3.05) is 24.6 Å². The fraction of sp³-hybridized carbons (Fsp3) is 0.400. The van der Waals surface area contributed by atoms with E-state index in [1.54, 1.807) is 24.3 Å². The fourth-order valence-electron chi connectivity index (χ4n) is 2.46. The zero-order chi connectivity index (χ0) is 17.7. The molecule has 1 heterocycles. The second-order valence-corrected chi connectivity index (χ2v) is 5.28. The lowest BCUT2D eigenvalue weighted by molar-refractivity contribution is -0.140. The predicted octanol–water partition coefficient (Wildman–Crippen LogP) is -0.743. The van der Waals surface area contributed by atoms with Gasteiger partial charge in [0.15, 0.2) is 0 Å². The predicted molar refractivity (Wildman–Crippen MR) is 83.9 cm³/mol. The van der Waals surface area contributed by atoms with Gasteiger partial charge in [0, 0.05) is 0 Å². The van der Waals surface area contributed by atoms with Crippen LogP contribution < -0.4 is 20.7 Å². The van der Waals surface area contributed by atoms with Crippen LogP contribution in [0.2, 0.25) is 0 Å². The van der Waals surface area contributed by atoms with Crippen molar-refractivity contribution in [3.8, 4) is 5.75 Å². The number of para-hydroxylation sites is 2. The largest absolute Gasteiger partial charge is 0.489 e. The Bertz CT molecular complexity index is 635. The summed E-state index contributed by atoms with van der Waals surface area (Å²) in [6.07, 6.45) is 0.130. The summed E-state index contributed by atoms with van der Waals surface area (Å²) in [4.78, 5) is 36.1. The molecule has 0 fully saturated rings. The highest BCUT2D eigenvalue weighted by atomic mass is 16.5. The van der Waals surface area contributed by atoms with Crippen molar-refractivity contribution < 1.29 is 29.3 Å². The van der Waals surface area contributed by atoms with Crippen LogP contribution in [-0.2, 0) is 14.4 Å². The summed E-state index contributed by atoms with van der Waals surface area (Å²) in [7, 11) is 0. The van der Waals surface area contributed by atoms with Crippen LogP contribution in [0.25, 0.3) is 0 Å². The molecule has 1 amide bonds. The number of carboxylic acid groups (broad SMARTS) is 2. The SMILES string of the molecule is NCC[C@H](NC1COc2ccccc2N(CC(=O)O)C1=O)C(=O)O. The number of ether oxygens (including phenoxy) is 1. The highest BCUT2D eigenvalue weighted by Crippen LogP contribution is 2.30. The third kappa shape index (κ3) is 4.00. The zero-order valence-corrected chi connectivity index (χ0v) is 12.8. The van der Waals surface area contributed by atoms with Crippen molar-refractivity contribution in [3.63, 3.8) is 0 Å². The Hall–Kier alpha value is -2.65. The van der Waals surface area contributed by atoms with Crippen LogP contribution in [0.15, 0.2) is 24.3 Å². The molecule has 2 rings (SSSR count). The third-order valence-corrected chi connectivity index (χ3v) is 3.57. The molecule has 5 N–H and O–H groups in total. The van der Waals surface area contributed by atoms with Gasteiger partial charge in [-0.25, -0.2) is 0 Å². The first-order valence-corrected chi connectivity index (χ1v) is 7.38. The molecule has 1 aliphatic rings. The summed E-state index contributed by atoms with van der Waals surface area (Å²) in [5.41, 5.74) is 5.73. The maximum Gasteiger partial charge on any atom is 0.323 e.